The highest BCUT2D eigenvalue weighted by Gasteiger charge is 2.08. The van der Waals surface area contributed by atoms with Crippen LogP contribution in [0.25, 0.3) is 10.9 Å². The van der Waals surface area contributed by atoms with Crippen molar-refractivity contribution in [3.63, 3.8) is 0 Å². The molecule has 0 amide bonds. The summed E-state index contributed by atoms with van der Waals surface area (Å²) in [6.45, 7) is 2.10. The van der Waals surface area contributed by atoms with Crippen LogP contribution in [0.2, 0.25) is 0 Å². The van der Waals surface area contributed by atoms with Crippen LogP contribution in [0.15, 0.2) is 24.5 Å². The molecular formula is C11H11N3O2. The highest BCUT2D eigenvalue weighted by atomic mass is 16.5. The third-order valence-corrected chi connectivity index (χ3v) is 2.14. The molecule has 2 heterocycles. The van der Waals surface area contributed by atoms with Crippen molar-refractivity contribution in [3.05, 3.63) is 30.1 Å². The number of hydrogen-bond donors (Lipinski definition) is 1. The van der Waals surface area contributed by atoms with Crippen molar-refractivity contribution in [2.75, 3.05) is 12.3 Å². The largest absolute Gasteiger partial charge is 0.462 e. The van der Waals surface area contributed by atoms with Crippen molar-refractivity contribution in [3.8, 4) is 0 Å². The number of rotatable bonds is 2. The van der Waals surface area contributed by atoms with E-state index >= 15 is 0 Å². The minimum absolute atomic E-state index is 0.343. The van der Waals surface area contributed by atoms with E-state index in [-0.39, 0.29) is 5.97 Å². The second-order valence-electron chi connectivity index (χ2n) is 3.21. The number of nitrogens with zero attached hydrogens (tertiary/aromatic N) is 2. The normalized spacial score (nSPS) is 10.3. The first kappa shape index (κ1) is 10.4. The van der Waals surface area contributed by atoms with Crippen LogP contribution in [0.4, 0.5) is 5.82 Å². The Morgan fingerprint density at radius 2 is 2.31 bits per heavy atom. The Hall–Kier alpha value is -2.17. The monoisotopic (exact) mass is 217 g/mol. The number of hydrogen-bond acceptors (Lipinski definition) is 5. The minimum atomic E-state index is -0.382. The first-order valence-corrected chi connectivity index (χ1v) is 4.89. The molecule has 2 aromatic heterocycles. The number of esters is 1. The Kier molecular flexibility index (Phi) is 2.68. The highest BCUT2D eigenvalue weighted by Crippen LogP contribution is 2.17. The molecule has 0 saturated heterocycles. The van der Waals surface area contributed by atoms with E-state index in [2.05, 4.69) is 9.97 Å². The van der Waals surface area contributed by atoms with Gasteiger partial charge in [0.25, 0.3) is 0 Å². The van der Waals surface area contributed by atoms with Crippen LogP contribution in [0, 0.1) is 0 Å². The van der Waals surface area contributed by atoms with E-state index in [0.29, 0.717) is 23.5 Å². The lowest BCUT2D eigenvalue weighted by molar-refractivity contribution is 0.0526. The van der Waals surface area contributed by atoms with Gasteiger partial charge in [0.15, 0.2) is 0 Å². The zero-order valence-electron chi connectivity index (χ0n) is 8.80. The van der Waals surface area contributed by atoms with Crippen LogP contribution < -0.4 is 5.73 Å². The topological polar surface area (TPSA) is 78.1 Å². The number of fused-ring (bicyclic) bond motifs is 1. The summed E-state index contributed by atoms with van der Waals surface area (Å²) in [7, 11) is 0. The van der Waals surface area contributed by atoms with Gasteiger partial charge in [0, 0.05) is 17.8 Å². The quantitative estimate of drug-likeness (QED) is 0.769. The van der Waals surface area contributed by atoms with Crippen LogP contribution >= 0.6 is 0 Å². The van der Waals surface area contributed by atoms with Crippen molar-refractivity contribution in [2.24, 2.45) is 0 Å². The molecular weight excluding hydrogens is 206 g/mol. The van der Waals surface area contributed by atoms with Gasteiger partial charge in [-0.1, -0.05) is 0 Å². The van der Waals surface area contributed by atoms with E-state index in [1.165, 1.54) is 6.20 Å². The number of aromatic nitrogens is 2. The molecule has 0 spiro atoms. The van der Waals surface area contributed by atoms with Crippen LogP contribution in [-0.4, -0.2) is 22.5 Å². The molecule has 0 aromatic carbocycles. The Balaban J connectivity index is 2.48. The number of nitrogen functional groups attached to an aromatic ring is 1. The summed E-state index contributed by atoms with van der Waals surface area (Å²) in [6, 6.07) is 3.44. The van der Waals surface area contributed by atoms with Crippen LogP contribution in [0.3, 0.4) is 0 Å². The van der Waals surface area contributed by atoms with Gasteiger partial charge in [0.1, 0.15) is 11.3 Å². The van der Waals surface area contributed by atoms with E-state index < -0.39 is 0 Å². The molecule has 82 valence electrons. The van der Waals surface area contributed by atoms with Gasteiger partial charge in [-0.3, -0.25) is 4.98 Å². The molecule has 0 fully saturated rings. The molecule has 5 nitrogen and oxygen atoms in total. The Morgan fingerprint density at radius 3 is 3.06 bits per heavy atom. The Bertz CT molecular complexity index is 540. The predicted octanol–water partition coefficient (Wildman–Crippen LogP) is 1.39. The molecule has 2 N–H and O–H groups in total. The summed E-state index contributed by atoms with van der Waals surface area (Å²) in [5.41, 5.74) is 6.66. The zero-order chi connectivity index (χ0) is 11.5. The van der Waals surface area contributed by atoms with Gasteiger partial charge in [0.05, 0.1) is 12.2 Å². The van der Waals surface area contributed by atoms with Gasteiger partial charge in [-0.15, -0.1) is 0 Å². The molecule has 0 aliphatic heterocycles. The predicted molar refractivity (Wildman–Crippen MR) is 59.9 cm³/mol. The number of carbonyl (C=O) groups is 1. The molecule has 2 rings (SSSR count). The molecule has 0 saturated carbocycles. The number of pyridine rings is 2. The van der Waals surface area contributed by atoms with Gasteiger partial charge in [-0.25, -0.2) is 9.78 Å². The van der Waals surface area contributed by atoms with Gasteiger partial charge in [-0.2, -0.15) is 0 Å². The van der Waals surface area contributed by atoms with Gasteiger partial charge in [0.2, 0.25) is 0 Å². The van der Waals surface area contributed by atoms with E-state index in [1.807, 2.05) is 0 Å². The van der Waals surface area contributed by atoms with E-state index in [0.717, 1.165) is 5.39 Å². The third-order valence-electron chi connectivity index (χ3n) is 2.14. The molecule has 0 aliphatic rings. The fraction of sp³-hybridized carbons (Fsp3) is 0.182. The van der Waals surface area contributed by atoms with Gasteiger partial charge in [-0.05, 0) is 19.1 Å². The molecule has 0 unspecified atom stereocenters. The van der Waals surface area contributed by atoms with Crippen molar-refractivity contribution < 1.29 is 9.53 Å². The van der Waals surface area contributed by atoms with E-state index in [4.69, 9.17) is 10.5 Å². The van der Waals surface area contributed by atoms with Gasteiger partial charge < -0.3 is 10.5 Å². The number of ether oxygens (including phenoxy) is 1. The lowest BCUT2D eigenvalue weighted by Crippen LogP contribution is -2.05. The lowest BCUT2D eigenvalue weighted by Gasteiger charge is -2.03. The Labute approximate surface area is 92.3 Å². The average molecular weight is 217 g/mol. The number of anilines is 1. The van der Waals surface area contributed by atoms with Crippen molar-refractivity contribution in [1.29, 1.82) is 0 Å². The lowest BCUT2D eigenvalue weighted by atomic mass is 10.2. The average Bonchev–Trinajstić information content (AvgIpc) is 2.29. The van der Waals surface area contributed by atoms with Gasteiger partial charge >= 0.3 is 5.97 Å². The Morgan fingerprint density at radius 1 is 1.50 bits per heavy atom. The number of carbonyl (C=O) groups excluding carboxylic acids is 1. The molecule has 0 radical (unpaired) electrons. The van der Waals surface area contributed by atoms with Crippen LogP contribution in [0.1, 0.15) is 17.3 Å². The standard InChI is InChI=1S/C11H11N3O2/c1-2-16-11(15)8-5-7-3-4-13-10(12)9(7)14-6-8/h3-6H,2H2,1H3,(H2,12,13). The van der Waals surface area contributed by atoms with Crippen LogP contribution in [-0.2, 0) is 4.74 Å². The maximum atomic E-state index is 11.5. The zero-order valence-corrected chi connectivity index (χ0v) is 8.80. The fourth-order valence-corrected chi connectivity index (χ4v) is 1.41. The smallest absolute Gasteiger partial charge is 0.339 e. The first-order valence-electron chi connectivity index (χ1n) is 4.89. The summed E-state index contributed by atoms with van der Waals surface area (Å²) < 4.78 is 4.88. The van der Waals surface area contributed by atoms with Crippen molar-refractivity contribution in [2.45, 2.75) is 6.92 Å². The number of nitrogens with two attached hydrogens (primary N) is 1. The second-order valence-corrected chi connectivity index (χ2v) is 3.21. The molecule has 2 aromatic rings. The second kappa shape index (κ2) is 4.14. The molecule has 0 atom stereocenters. The SMILES string of the molecule is CCOC(=O)c1cnc2c(N)nccc2c1. The molecule has 16 heavy (non-hydrogen) atoms. The summed E-state index contributed by atoms with van der Waals surface area (Å²) in [4.78, 5) is 19.5. The summed E-state index contributed by atoms with van der Waals surface area (Å²) >= 11 is 0. The fourth-order valence-electron chi connectivity index (χ4n) is 1.41. The van der Waals surface area contributed by atoms with Crippen molar-refractivity contribution in [1.82, 2.24) is 9.97 Å². The van der Waals surface area contributed by atoms with E-state index in [9.17, 15) is 4.79 Å². The molecule has 5 heteroatoms. The summed E-state index contributed by atoms with van der Waals surface area (Å²) in [6.07, 6.45) is 3.02. The summed E-state index contributed by atoms with van der Waals surface area (Å²) in [5.74, 6) is -0.0276. The molecule has 0 aliphatic carbocycles. The first-order chi connectivity index (χ1) is 7.72. The van der Waals surface area contributed by atoms with Crippen LogP contribution in [0.5, 0.6) is 0 Å². The maximum Gasteiger partial charge on any atom is 0.339 e. The van der Waals surface area contributed by atoms with E-state index in [1.54, 1.807) is 25.3 Å². The highest BCUT2D eigenvalue weighted by molar-refractivity contribution is 5.95. The molecule has 0 bridgehead atoms. The van der Waals surface area contributed by atoms with Crippen molar-refractivity contribution >= 4 is 22.7 Å². The minimum Gasteiger partial charge on any atom is -0.462 e. The summed E-state index contributed by atoms with van der Waals surface area (Å²) in [5, 5.41) is 0.776. The maximum absolute atomic E-state index is 11.5. The third kappa shape index (κ3) is 1.79.